The number of esters is 2. The Kier molecular flexibility index (Phi) is 48.1. The third kappa shape index (κ3) is 54.4. The smallest absolute Gasteiger partial charge is 0.462 e. The first kappa shape index (κ1) is 66.2. The van der Waals surface area contributed by atoms with Crippen LogP contribution < -0.4 is 0 Å². The molecule has 2 atom stereocenters. The lowest BCUT2D eigenvalue weighted by Crippen LogP contribution is -2.37. The van der Waals surface area contributed by atoms with Crippen molar-refractivity contribution in [2.24, 2.45) is 0 Å². The van der Waals surface area contributed by atoms with Crippen LogP contribution in [0.1, 0.15) is 226 Å². The number of quaternary nitrogens is 1. The van der Waals surface area contributed by atoms with Crippen LogP contribution in [-0.2, 0) is 32.7 Å². The molecule has 0 aliphatic heterocycles. The van der Waals surface area contributed by atoms with Gasteiger partial charge in [-0.15, -0.1) is 0 Å². The Balaban J connectivity index is 4.29. The van der Waals surface area contributed by atoms with E-state index < -0.39 is 26.5 Å². The highest BCUT2D eigenvalue weighted by Gasteiger charge is 2.27. The Bertz CT molecular complexity index is 1440. The summed E-state index contributed by atoms with van der Waals surface area (Å²) in [7, 11) is 1.45. The SMILES string of the molecule is CC/C=C\C/C=C\C/C=C\C/C=C\C/C=C\C/C=C\C/C=C\CCCCCC(=O)OC(COC(=O)CCCCCCCCCCCCCCCCCCCCCC)COP(=O)(O)OCC[N+](C)(C)C. The standard InChI is InChI=1S/C59H104NO8P/c1-6-8-10-12-14-16-18-20-22-24-26-28-29-30-31-32-34-36-38-40-42-44-46-48-50-52-59(62)68-57(56-67-69(63,64)66-54-53-60(3,4)5)55-65-58(61)51-49-47-45-43-41-39-37-35-33-27-25-23-21-19-17-15-13-11-9-7-2/h8,10,14,16,20,22,26,28,30-31,34,36,40,42,57H,6-7,9,11-13,15,17-19,21,23-25,27,29,32-33,35,37-39,41,43-56H2,1-5H3/p+1/b10-8-,16-14-,22-20-,28-26-,31-30-,36-34-,42-40-. The number of phosphoric ester groups is 1. The molecule has 1 N–H and O–H groups in total. The average molecular weight is 987 g/mol. The zero-order valence-corrected chi connectivity index (χ0v) is 45.9. The summed E-state index contributed by atoms with van der Waals surface area (Å²) >= 11 is 0. The van der Waals surface area contributed by atoms with Crippen molar-refractivity contribution in [1.82, 2.24) is 0 Å². The quantitative estimate of drug-likeness (QED) is 0.0211. The van der Waals surface area contributed by atoms with Gasteiger partial charge in [-0.1, -0.05) is 227 Å². The van der Waals surface area contributed by atoms with Gasteiger partial charge in [-0.3, -0.25) is 18.6 Å². The fourth-order valence-corrected chi connectivity index (χ4v) is 8.15. The van der Waals surface area contributed by atoms with Gasteiger partial charge in [0.2, 0.25) is 0 Å². The molecule has 0 bridgehead atoms. The van der Waals surface area contributed by atoms with Crippen molar-refractivity contribution in [2.75, 3.05) is 47.5 Å². The van der Waals surface area contributed by atoms with Gasteiger partial charge in [0, 0.05) is 12.8 Å². The summed E-state index contributed by atoms with van der Waals surface area (Å²) in [6, 6.07) is 0. The topological polar surface area (TPSA) is 108 Å². The Morgan fingerprint density at radius 2 is 0.826 bits per heavy atom. The first-order valence-corrected chi connectivity index (χ1v) is 29.3. The van der Waals surface area contributed by atoms with Crippen LogP contribution >= 0.6 is 7.82 Å². The third-order valence-electron chi connectivity index (χ3n) is 11.7. The van der Waals surface area contributed by atoms with Gasteiger partial charge in [-0.05, 0) is 70.6 Å². The highest BCUT2D eigenvalue weighted by Crippen LogP contribution is 2.43. The summed E-state index contributed by atoms with van der Waals surface area (Å²) in [6.45, 7) is 4.29. The lowest BCUT2D eigenvalue weighted by atomic mass is 10.0. The highest BCUT2D eigenvalue weighted by molar-refractivity contribution is 7.47. The molecule has 0 aromatic heterocycles. The number of hydrogen-bond acceptors (Lipinski definition) is 7. The van der Waals surface area contributed by atoms with E-state index in [2.05, 4.69) is 98.9 Å². The molecule has 69 heavy (non-hydrogen) atoms. The molecule has 10 heteroatoms. The number of allylic oxidation sites excluding steroid dienone is 14. The summed E-state index contributed by atoms with van der Waals surface area (Å²) in [5, 5.41) is 0. The van der Waals surface area contributed by atoms with E-state index in [1.807, 2.05) is 21.1 Å². The summed E-state index contributed by atoms with van der Waals surface area (Å²) in [5.41, 5.74) is 0. The Hall–Kier alpha value is -2.81. The molecule has 2 unspecified atom stereocenters. The van der Waals surface area contributed by atoms with Crippen molar-refractivity contribution in [1.29, 1.82) is 0 Å². The minimum absolute atomic E-state index is 0.0217. The number of carbonyl (C=O) groups is 2. The van der Waals surface area contributed by atoms with Gasteiger partial charge in [0.25, 0.3) is 0 Å². The number of rotatable bonds is 50. The van der Waals surface area contributed by atoms with Crippen LogP contribution in [0.25, 0.3) is 0 Å². The monoisotopic (exact) mass is 987 g/mol. The predicted molar refractivity (Wildman–Crippen MR) is 293 cm³/mol. The second-order valence-corrected chi connectivity index (χ2v) is 21.0. The summed E-state index contributed by atoms with van der Waals surface area (Å²) < 4.78 is 34.5. The zero-order valence-electron chi connectivity index (χ0n) is 45.0. The molecule has 0 radical (unpaired) electrons. The van der Waals surface area contributed by atoms with Crippen LogP contribution in [0.2, 0.25) is 0 Å². The summed E-state index contributed by atoms with van der Waals surface area (Å²) in [5.74, 6) is -0.834. The molecular formula is C59H105NO8P+. The van der Waals surface area contributed by atoms with Gasteiger partial charge in [0.1, 0.15) is 19.8 Å². The minimum atomic E-state index is -4.40. The van der Waals surface area contributed by atoms with Crippen molar-refractivity contribution in [3.05, 3.63) is 85.1 Å². The van der Waals surface area contributed by atoms with Crippen LogP contribution in [0.3, 0.4) is 0 Å². The second-order valence-electron chi connectivity index (χ2n) is 19.6. The third-order valence-corrected chi connectivity index (χ3v) is 12.7. The molecule has 0 aliphatic carbocycles. The molecule has 0 amide bonds. The molecule has 0 heterocycles. The van der Waals surface area contributed by atoms with Gasteiger partial charge in [-0.2, -0.15) is 0 Å². The Labute approximate surface area is 424 Å². The van der Waals surface area contributed by atoms with E-state index in [-0.39, 0.29) is 32.0 Å². The number of likely N-dealkylation sites (N-methyl/N-ethyl adjacent to an activating group) is 1. The van der Waals surface area contributed by atoms with Gasteiger partial charge in [0.15, 0.2) is 6.10 Å². The van der Waals surface area contributed by atoms with Crippen molar-refractivity contribution in [2.45, 2.75) is 232 Å². The molecule has 0 saturated heterocycles. The van der Waals surface area contributed by atoms with Crippen molar-refractivity contribution in [3.63, 3.8) is 0 Å². The van der Waals surface area contributed by atoms with E-state index in [9.17, 15) is 19.0 Å². The van der Waals surface area contributed by atoms with Crippen molar-refractivity contribution >= 4 is 19.8 Å². The summed E-state index contributed by atoms with van der Waals surface area (Å²) in [4.78, 5) is 35.6. The van der Waals surface area contributed by atoms with E-state index in [1.165, 1.54) is 109 Å². The fourth-order valence-electron chi connectivity index (χ4n) is 7.41. The zero-order chi connectivity index (χ0) is 50.6. The molecule has 0 spiro atoms. The minimum Gasteiger partial charge on any atom is -0.462 e. The molecule has 9 nitrogen and oxygen atoms in total. The maximum absolute atomic E-state index is 12.8. The van der Waals surface area contributed by atoms with E-state index in [4.69, 9.17) is 18.5 Å². The van der Waals surface area contributed by atoms with Crippen LogP contribution in [0.15, 0.2) is 85.1 Å². The lowest BCUT2D eigenvalue weighted by Gasteiger charge is -2.24. The number of unbranched alkanes of at least 4 members (excludes halogenated alkanes) is 22. The van der Waals surface area contributed by atoms with Crippen LogP contribution in [-0.4, -0.2) is 74.9 Å². The van der Waals surface area contributed by atoms with Crippen LogP contribution in [0, 0.1) is 0 Å². The van der Waals surface area contributed by atoms with E-state index in [1.54, 1.807) is 0 Å². The normalized spacial score (nSPS) is 14.0. The molecule has 0 fully saturated rings. The van der Waals surface area contributed by atoms with E-state index in [0.717, 1.165) is 83.5 Å². The Morgan fingerprint density at radius 1 is 0.464 bits per heavy atom. The lowest BCUT2D eigenvalue weighted by molar-refractivity contribution is -0.870. The molecule has 0 aliphatic rings. The van der Waals surface area contributed by atoms with E-state index in [0.29, 0.717) is 17.4 Å². The number of hydrogen-bond donors (Lipinski definition) is 1. The van der Waals surface area contributed by atoms with Crippen molar-refractivity contribution < 1.29 is 42.1 Å². The number of phosphoric acid groups is 1. The van der Waals surface area contributed by atoms with Crippen LogP contribution in [0.5, 0.6) is 0 Å². The Morgan fingerprint density at radius 3 is 1.23 bits per heavy atom. The maximum atomic E-state index is 12.8. The number of nitrogens with zero attached hydrogens (tertiary/aromatic N) is 1. The summed E-state index contributed by atoms with van der Waals surface area (Å²) in [6.07, 6.45) is 66.4. The number of carbonyl (C=O) groups excluding carboxylic acids is 2. The van der Waals surface area contributed by atoms with E-state index >= 15 is 0 Å². The molecule has 0 saturated carbocycles. The predicted octanol–water partition coefficient (Wildman–Crippen LogP) is 17.1. The molecule has 0 aromatic carbocycles. The van der Waals surface area contributed by atoms with Crippen molar-refractivity contribution in [3.8, 4) is 0 Å². The molecule has 0 aromatic rings. The fraction of sp³-hybridized carbons (Fsp3) is 0.729. The van der Waals surface area contributed by atoms with Gasteiger partial charge in [0.05, 0.1) is 27.7 Å². The van der Waals surface area contributed by atoms with Crippen LogP contribution in [0.4, 0.5) is 0 Å². The van der Waals surface area contributed by atoms with Gasteiger partial charge in [-0.25, -0.2) is 4.57 Å². The van der Waals surface area contributed by atoms with Gasteiger partial charge >= 0.3 is 19.8 Å². The molecule has 398 valence electrons. The second kappa shape index (κ2) is 50.1. The molecule has 0 rings (SSSR count). The molecular weight excluding hydrogens is 882 g/mol. The first-order chi connectivity index (χ1) is 33.5. The average Bonchev–Trinajstić information content (AvgIpc) is 3.31. The first-order valence-electron chi connectivity index (χ1n) is 27.8. The maximum Gasteiger partial charge on any atom is 0.472 e. The highest BCUT2D eigenvalue weighted by atomic mass is 31.2. The number of ether oxygens (including phenoxy) is 2. The largest absolute Gasteiger partial charge is 0.472 e. The van der Waals surface area contributed by atoms with Gasteiger partial charge < -0.3 is 18.9 Å².